The van der Waals surface area contributed by atoms with E-state index in [4.69, 9.17) is 11.6 Å². The van der Waals surface area contributed by atoms with Crippen LogP contribution < -0.4 is 0 Å². The summed E-state index contributed by atoms with van der Waals surface area (Å²) in [5.74, 6) is 0.781. The lowest BCUT2D eigenvalue weighted by Crippen LogP contribution is -1.94. The smallest absolute Gasteiger partial charge is 0.159 e. The third-order valence-corrected chi connectivity index (χ3v) is 3.13. The third-order valence-electron chi connectivity index (χ3n) is 2.90. The first-order chi connectivity index (χ1) is 7.83. The number of fused-ring (bicyclic) bond motifs is 1. The minimum atomic E-state index is 0.724. The minimum Gasteiger partial charge on any atom is -0.236 e. The molecule has 3 rings (SSSR count). The van der Waals surface area contributed by atoms with E-state index in [0.717, 1.165) is 29.3 Å². The Hall–Kier alpha value is -1.41. The lowest BCUT2D eigenvalue weighted by molar-refractivity contribution is 0.900. The second-order valence-electron chi connectivity index (χ2n) is 4.03. The molecule has 1 aliphatic rings. The SMILES string of the molecule is Clc1cccc(-c2ncc3c(n2)CCC3)c1. The summed E-state index contributed by atoms with van der Waals surface area (Å²) < 4.78 is 0. The van der Waals surface area contributed by atoms with Gasteiger partial charge in [0.1, 0.15) is 0 Å². The fourth-order valence-electron chi connectivity index (χ4n) is 2.08. The van der Waals surface area contributed by atoms with Crippen LogP contribution in [0.4, 0.5) is 0 Å². The number of hydrogen-bond acceptors (Lipinski definition) is 2. The van der Waals surface area contributed by atoms with E-state index < -0.39 is 0 Å². The van der Waals surface area contributed by atoms with E-state index in [2.05, 4.69) is 9.97 Å². The Morgan fingerprint density at radius 3 is 3.00 bits per heavy atom. The predicted octanol–water partition coefficient (Wildman–Crippen LogP) is 3.29. The number of hydrogen-bond donors (Lipinski definition) is 0. The molecule has 1 heterocycles. The summed E-state index contributed by atoms with van der Waals surface area (Å²) in [7, 11) is 0. The molecule has 0 unspecified atom stereocenters. The van der Waals surface area contributed by atoms with Gasteiger partial charge in [0, 0.05) is 22.5 Å². The Bertz CT molecular complexity index is 537. The molecule has 0 bridgehead atoms. The Morgan fingerprint density at radius 1 is 1.19 bits per heavy atom. The molecule has 0 spiro atoms. The zero-order valence-corrected chi connectivity index (χ0v) is 9.54. The van der Waals surface area contributed by atoms with Crippen LogP contribution in [0.3, 0.4) is 0 Å². The Morgan fingerprint density at radius 2 is 2.12 bits per heavy atom. The number of benzene rings is 1. The molecule has 1 aromatic heterocycles. The molecule has 3 heteroatoms. The van der Waals surface area contributed by atoms with Crippen molar-refractivity contribution in [3.05, 3.63) is 46.7 Å². The van der Waals surface area contributed by atoms with E-state index in [1.165, 1.54) is 17.7 Å². The molecule has 0 aliphatic heterocycles. The Labute approximate surface area is 99.3 Å². The van der Waals surface area contributed by atoms with E-state index in [9.17, 15) is 0 Å². The van der Waals surface area contributed by atoms with Crippen LogP contribution >= 0.6 is 11.6 Å². The average molecular weight is 231 g/mol. The van der Waals surface area contributed by atoms with Crippen LogP contribution in [0.25, 0.3) is 11.4 Å². The molecule has 16 heavy (non-hydrogen) atoms. The molecule has 1 aromatic carbocycles. The van der Waals surface area contributed by atoms with Gasteiger partial charge in [0.05, 0.1) is 0 Å². The maximum Gasteiger partial charge on any atom is 0.159 e. The first-order valence-electron chi connectivity index (χ1n) is 5.44. The lowest BCUT2D eigenvalue weighted by Gasteiger charge is -2.03. The van der Waals surface area contributed by atoms with Crippen LogP contribution in [0.5, 0.6) is 0 Å². The van der Waals surface area contributed by atoms with Crippen molar-refractivity contribution in [1.82, 2.24) is 9.97 Å². The summed E-state index contributed by atoms with van der Waals surface area (Å²) in [6.45, 7) is 0. The van der Waals surface area contributed by atoms with Gasteiger partial charge in [-0.1, -0.05) is 23.7 Å². The van der Waals surface area contributed by atoms with Gasteiger partial charge >= 0.3 is 0 Å². The van der Waals surface area contributed by atoms with Gasteiger partial charge < -0.3 is 0 Å². The molecule has 0 fully saturated rings. The van der Waals surface area contributed by atoms with Crippen molar-refractivity contribution >= 4 is 11.6 Å². The van der Waals surface area contributed by atoms with Gasteiger partial charge in [0.25, 0.3) is 0 Å². The summed E-state index contributed by atoms with van der Waals surface area (Å²) in [4.78, 5) is 8.99. The number of aromatic nitrogens is 2. The van der Waals surface area contributed by atoms with E-state index >= 15 is 0 Å². The summed E-state index contributed by atoms with van der Waals surface area (Å²) >= 11 is 5.96. The van der Waals surface area contributed by atoms with Crippen molar-refractivity contribution in [2.24, 2.45) is 0 Å². The molecule has 0 radical (unpaired) electrons. The van der Waals surface area contributed by atoms with Crippen LogP contribution in [-0.2, 0) is 12.8 Å². The molecule has 2 nitrogen and oxygen atoms in total. The second-order valence-corrected chi connectivity index (χ2v) is 4.47. The summed E-state index contributed by atoms with van der Waals surface area (Å²) in [5.41, 5.74) is 3.48. The monoisotopic (exact) mass is 230 g/mol. The molecular formula is C13H11ClN2. The van der Waals surface area contributed by atoms with Crippen LogP contribution in [0, 0.1) is 0 Å². The number of nitrogens with zero attached hydrogens (tertiary/aromatic N) is 2. The number of rotatable bonds is 1. The molecule has 80 valence electrons. The molecule has 0 N–H and O–H groups in total. The first-order valence-corrected chi connectivity index (χ1v) is 5.81. The van der Waals surface area contributed by atoms with Crippen molar-refractivity contribution < 1.29 is 0 Å². The molecule has 1 aliphatic carbocycles. The largest absolute Gasteiger partial charge is 0.236 e. The van der Waals surface area contributed by atoms with Gasteiger partial charge in [-0.05, 0) is 37.0 Å². The summed E-state index contributed by atoms with van der Waals surface area (Å²) in [6, 6.07) is 7.67. The van der Waals surface area contributed by atoms with Crippen molar-refractivity contribution in [3.63, 3.8) is 0 Å². The maximum absolute atomic E-state index is 5.96. The quantitative estimate of drug-likeness (QED) is 0.751. The first kappa shape index (κ1) is 9.79. The van der Waals surface area contributed by atoms with Gasteiger partial charge in [0.2, 0.25) is 0 Å². The highest BCUT2D eigenvalue weighted by molar-refractivity contribution is 6.30. The Balaban J connectivity index is 2.07. The predicted molar refractivity (Wildman–Crippen MR) is 64.5 cm³/mol. The summed E-state index contributed by atoms with van der Waals surface area (Å²) in [6.07, 6.45) is 5.34. The standard InChI is InChI=1S/C13H11ClN2/c14-11-5-1-3-9(7-11)13-15-8-10-4-2-6-12(10)16-13/h1,3,5,7-8H,2,4,6H2. The van der Waals surface area contributed by atoms with Gasteiger partial charge in [-0.15, -0.1) is 0 Å². The van der Waals surface area contributed by atoms with E-state index in [1.54, 1.807) is 0 Å². The fraction of sp³-hybridized carbons (Fsp3) is 0.231. The van der Waals surface area contributed by atoms with Gasteiger partial charge in [-0.3, -0.25) is 0 Å². The van der Waals surface area contributed by atoms with E-state index in [-0.39, 0.29) is 0 Å². The number of aryl methyl sites for hydroxylation is 2. The molecule has 0 saturated heterocycles. The van der Waals surface area contributed by atoms with Crippen LogP contribution in [-0.4, -0.2) is 9.97 Å². The fourth-order valence-corrected chi connectivity index (χ4v) is 2.27. The van der Waals surface area contributed by atoms with Crippen LogP contribution in [0.1, 0.15) is 17.7 Å². The van der Waals surface area contributed by atoms with E-state index in [1.807, 2.05) is 30.5 Å². The Kier molecular flexibility index (Phi) is 2.37. The van der Waals surface area contributed by atoms with Crippen molar-refractivity contribution in [1.29, 1.82) is 0 Å². The molecule has 0 atom stereocenters. The third kappa shape index (κ3) is 1.69. The van der Waals surface area contributed by atoms with Gasteiger partial charge in [-0.2, -0.15) is 0 Å². The highest BCUT2D eigenvalue weighted by Gasteiger charge is 2.13. The van der Waals surface area contributed by atoms with Crippen molar-refractivity contribution in [3.8, 4) is 11.4 Å². The zero-order valence-electron chi connectivity index (χ0n) is 8.78. The van der Waals surface area contributed by atoms with Crippen LogP contribution in [0.15, 0.2) is 30.5 Å². The van der Waals surface area contributed by atoms with Gasteiger partial charge in [0.15, 0.2) is 5.82 Å². The molecular weight excluding hydrogens is 220 g/mol. The highest BCUT2D eigenvalue weighted by Crippen LogP contribution is 2.24. The zero-order chi connectivity index (χ0) is 11.0. The van der Waals surface area contributed by atoms with Gasteiger partial charge in [-0.25, -0.2) is 9.97 Å². The normalized spacial score (nSPS) is 13.8. The lowest BCUT2D eigenvalue weighted by atomic mass is 10.2. The minimum absolute atomic E-state index is 0.724. The number of halogens is 1. The highest BCUT2D eigenvalue weighted by atomic mass is 35.5. The topological polar surface area (TPSA) is 25.8 Å². The van der Waals surface area contributed by atoms with Crippen LogP contribution in [0.2, 0.25) is 5.02 Å². The molecule has 2 aromatic rings. The maximum atomic E-state index is 5.96. The van der Waals surface area contributed by atoms with Crippen molar-refractivity contribution in [2.75, 3.05) is 0 Å². The molecule has 0 amide bonds. The van der Waals surface area contributed by atoms with E-state index in [0.29, 0.717) is 0 Å². The summed E-state index contributed by atoms with van der Waals surface area (Å²) in [5, 5.41) is 0.724. The molecule has 0 saturated carbocycles. The van der Waals surface area contributed by atoms with Crippen molar-refractivity contribution in [2.45, 2.75) is 19.3 Å². The average Bonchev–Trinajstić information content (AvgIpc) is 2.75. The second kappa shape index (κ2) is 3.87.